The third kappa shape index (κ3) is 5.57. The monoisotopic (exact) mass is 368 g/mol. The van der Waals surface area contributed by atoms with Gasteiger partial charge in [0, 0.05) is 11.4 Å². The van der Waals surface area contributed by atoms with E-state index in [9.17, 15) is 10.1 Å². The molecule has 0 aliphatic carbocycles. The van der Waals surface area contributed by atoms with Crippen molar-refractivity contribution in [2.75, 3.05) is 5.32 Å². The van der Waals surface area contributed by atoms with E-state index in [4.69, 9.17) is 0 Å². The minimum atomic E-state index is -0.335. The number of unbranched alkanes of at least 4 members (excludes halogenated alkanes) is 1. The number of aryl methyl sites for hydroxylation is 2. The zero-order valence-electron chi connectivity index (χ0n) is 15.5. The Hall–Kier alpha value is -2.39. The first-order valence-corrected chi connectivity index (χ1v) is 9.76. The van der Waals surface area contributed by atoms with E-state index in [1.807, 2.05) is 32.0 Å². The normalized spacial score (nSPS) is 11.6. The number of pyridine rings is 2. The first-order valence-electron chi connectivity index (χ1n) is 8.88. The van der Waals surface area contributed by atoms with E-state index in [2.05, 4.69) is 28.3 Å². The Kier molecular flexibility index (Phi) is 7.61. The quantitative estimate of drug-likeness (QED) is 0.694. The number of aromatic nitrogens is 2. The molecule has 6 heteroatoms. The molecule has 5 nitrogen and oxygen atoms in total. The number of nitrogens with one attached hydrogen (secondary N) is 1. The van der Waals surface area contributed by atoms with Crippen LogP contribution in [0, 0.1) is 18.3 Å². The summed E-state index contributed by atoms with van der Waals surface area (Å²) in [6, 6.07) is 11.4. The van der Waals surface area contributed by atoms with Gasteiger partial charge in [0.1, 0.15) is 16.9 Å². The van der Waals surface area contributed by atoms with Gasteiger partial charge in [-0.15, -0.1) is 0 Å². The second kappa shape index (κ2) is 9.93. The molecule has 1 atom stereocenters. The van der Waals surface area contributed by atoms with Crippen molar-refractivity contribution in [1.82, 2.24) is 9.97 Å². The van der Waals surface area contributed by atoms with Crippen molar-refractivity contribution in [3.63, 3.8) is 0 Å². The number of hydrogen-bond acceptors (Lipinski definition) is 5. The maximum atomic E-state index is 12.6. The zero-order valence-corrected chi connectivity index (χ0v) is 16.3. The van der Waals surface area contributed by atoms with Crippen molar-refractivity contribution in [2.45, 2.75) is 56.7 Å². The van der Waals surface area contributed by atoms with E-state index in [0.29, 0.717) is 22.8 Å². The number of carbonyl (C=O) groups excluding carboxylic acids is 1. The van der Waals surface area contributed by atoms with Crippen LogP contribution in [0.5, 0.6) is 0 Å². The smallest absolute Gasteiger partial charge is 0.239 e. The Morgan fingerprint density at radius 3 is 2.73 bits per heavy atom. The van der Waals surface area contributed by atoms with Gasteiger partial charge in [-0.05, 0) is 50.5 Å². The average Bonchev–Trinajstić information content (AvgIpc) is 2.64. The van der Waals surface area contributed by atoms with Gasteiger partial charge in [-0.1, -0.05) is 38.1 Å². The molecule has 0 fully saturated rings. The lowest BCUT2D eigenvalue weighted by Crippen LogP contribution is -2.25. The standard InChI is InChI=1S/C20H24N4OS/c1-4-6-9-16-12-11-15(13-21)20(23-16)26-17(5-2)19(25)24-18-10-7-8-14(3)22-18/h7-8,10-12,17H,4-6,9H2,1-3H3,(H,22,24,25). The molecule has 2 aromatic heterocycles. The minimum absolute atomic E-state index is 0.125. The van der Waals surface area contributed by atoms with Crippen LogP contribution in [0.3, 0.4) is 0 Å². The summed E-state index contributed by atoms with van der Waals surface area (Å²) < 4.78 is 0. The molecule has 0 saturated carbocycles. The molecule has 0 aliphatic rings. The Bertz CT molecular complexity index is 801. The third-order valence-corrected chi connectivity index (χ3v) is 5.25. The molecule has 0 aromatic carbocycles. The highest BCUT2D eigenvalue weighted by atomic mass is 32.2. The molecule has 1 unspecified atom stereocenters. The topological polar surface area (TPSA) is 78.7 Å². The van der Waals surface area contributed by atoms with Gasteiger partial charge in [-0.2, -0.15) is 5.26 Å². The molecule has 1 amide bonds. The van der Waals surface area contributed by atoms with Gasteiger partial charge in [0.2, 0.25) is 5.91 Å². The summed E-state index contributed by atoms with van der Waals surface area (Å²) in [5.41, 5.74) is 2.32. The van der Waals surface area contributed by atoms with Crippen LogP contribution >= 0.6 is 11.8 Å². The molecule has 1 N–H and O–H groups in total. The largest absolute Gasteiger partial charge is 0.310 e. The van der Waals surface area contributed by atoms with Gasteiger partial charge in [0.15, 0.2) is 0 Å². The van der Waals surface area contributed by atoms with Gasteiger partial charge in [0.25, 0.3) is 0 Å². The molecule has 0 spiro atoms. The zero-order chi connectivity index (χ0) is 18.9. The second-order valence-electron chi connectivity index (χ2n) is 6.04. The van der Waals surface area contributed by atoms with E-state index >= 15 is 0 Å². The van der Waals surface area contributed by atoms with Gasteiger partial charge in [0.05, 0.1) is 10.8 Å². The van der Waals surface area contributed by atoms with Gasteiger partial charge in [-0.25, -0.2) is 9.97 Å². The predicted molar refractivity (Wildman–Crippen MR) is 105 cm³/mol. The minimum Gasteiger partial charge on any atom is -0.310 e. The van der Waals surface area contributed by atoms with Crippen molar-refractivity contribution in [1.29, 1.82) is 5.26 Å². The number of anilines is 1. The van der Waals surface area contributed by atoms with Gasteiger partial charge in [-0.3, -0.25) is 4.79 Å². The van der Waals surface area contributed by atoms with Crippen LogP contribution in [0.25, 0.3) is 0 Å². The van der Waals surface area contributed by atoms with E-state index in [1.54, 1.807) is 12.1 Å². The number of amides is 1. The Balaban J connectivity index is 2.15. The maximum Gasteiger partial charge on any atom is 0.239 e. The summed E-state index contributed by atoms with van der Waals surface area (Å²) in [5, 5.41) is 12.5. The molecular weight excluding hydrogens is 344 g/mol. The molecule has 0 radical (unpaired) electrons. The van der Waals surface area contributed by atoms with Gasteiger partial charge >= 0.3 is 0 Å². The van der Waals surface area contributed by atoms with Crippen LogP contribution in [0.2, 0.25) is 0 Å². The molecule has 136 valence electrons. The maximum absolute atomic E-state index is 12.6. The molecule has 0 saturated heterocycles. The first-order chi connectivity index (χ1) is 12.6. The Labute approximate surface area is 159 Å². The SMILES string of the molecule is CCCCc1ccc(C#N)c(SC(CC)C(=O)Nc2cccc(C)n2)n1. The Morgan fingerprint density at radius 2 is 2.08 bits per heavy atom. The fourth-order valence-corrected chi connectivity index (χ4v) is 3.44. The predicted octanol–water partition coefficient (Wildman–Crippen LogP) is 4.51. The van der Waals surface area contributed by atoms with Crippen LogP contribution in [-0.4, -0.2) is 21.1 Å². The molecule has 2 rings (SSSR count). The number of rotatable bonds is 8. The summed E-state index contributed by atoms with van der Waals surface area (Å²) in [6.07, 6.45) is 3.66. The third-order valence-electron chi connectivity index (χ3n) is 3.88. The highest BCUT2D eigenvalue weighted by Crippen LogP contribution is 2.28. The number of nitrogens with zero attached hydrogens (tertiary/aromatic N) is 3. The first kappa shape index (κ1) is 19.9. The van der Waals surface area contributed by atoms with E-state index in [1.165, 1.54) is 11.8 Å². The van der Waals surface area contributed by atoms with Gasteiger partial charge < -0.3 is 5.32 Å². The summed E-state index contributed by atoms with van der Waals surface area (Å²) in [5.74, 6) is 0.416. The van der Waals surface area contributed by atoms with E-state index in [0.717, 1.165) is 30.7 Å². The summed E-state index contributed by atoms with van der Waals surface area (Å²) in [4.78, 5) is 21.6. The van der Waals surface area contributed by atoms with Crippen molar-refractivity contribution >= 4 is 23.5 Å². The fourth-order valence-electron chi connectivity index (χ4n) is 2.43. The highest BCUT2D eigenvalue weighted by Gasteiger charge is 2.21. The molecule has 26 heavy (non-hydrogen) atoms. The molecule has 2 aromatic rings. The number of thioether (sulfide) groups is 1. The van der Waals surface area contributed by atoms with Crippen LogP contribution < -0.4 is 5.32 Å². The molecule has 2 heterocycles. The van der Waals surface area contributed by atoms with Crippen molar-refractivity contribution in [3.05, 3.63) is 47.3 Å². The molecule has 0 bridgehead atoms. The van der Waals surface area contributed by atoms with E-state index < -0.39 is 0 Å². The Morgan fingerprint density at radius 1 is 1.27 bits per heavy atom. The van der Waals surface area contributed by atoms with Crippen molar-refractivity contribution in [2.24, 2.45) is 0 Å². The molecule has 0 aliphatic heterocycles. The fraction of sp³-hybridized carbons (Fsp3) is 0.400. The average molecular weight is 369 g/mol. The number of nitriles is 1. The van der Waals surface area contributed by atoms with Crippen LogP contribution in [0.1, 0.15) is 50.1 Å². The van der Waals surface area contributed by atoms with Crippen LogP contribution in [0.4, 0.5) is 5.82 Å². The van der Waals surface area contributed by atoms with E-state index in [-0.39, 0.29) is 11.2 Å². The number of hydrogen-bond donors (Lipinski definition) is 1. The second-order valence-corrected chi connectivity index (χ2v) is 7.23. The summed E-state index contributed by atoms with van der Waals surface area (Å²) >= 11 is 1.35. The lowest BCUT2D eigenvalue weighted by atomic mass is 10.2. The lowest BCUT2D eigenvalue weighted by molar-refractivity contribution is -0.115. The van der Waals surface area contributed by atoms with Crippen molar-refractivity contribution in [3.8, 4) is 6.07 Å². The molecular formula is C20H24N4OS. The highest BCUT2D eigenvalue weighted by molar-refractivity contribution is 8.00. The lowest BCUT2D eigenvalue weighted by Gasteiger charge is -2.15. The number of carbonyl (C=O) groups is 1. The van der Waals surface area contributed by atoms with Crippen LogP contribution in [0.15, 0.2) is 35.4 Å². The summed E-state index contributed by atoms with van der Waals surface area (Å²) in [6.45, 7) is 5.97. The van der Waals surface area contributed by atoms with Crippen molar-refractivity contribution < 1.29 is 4.79 Å². The van der Waals surface area contributed by atoms with Crippen LogP contribution in [-0.2, 0) is 11.2 Å². The summed E-state index contributed by atoms with van der Waals surface area (Å²) in [7, 11) is 0.